The summed E-state index contributed by atoms with van der Waals surface area (Å²) in [6.45, 7) is -0.133. The minimum absolute atomic E-state index is 0.0655. The summed E-state index contributed by atoms with van der Waals surface area (Å²) in [5, 5.41) is 28.4. The lowest BCUT2D eigenvalue weighted by atomic mass is 10.0. The van der Waals surface area contributed by atoms with Crippen LogP contribution in [-0.2, 0) is 0 Å². The fourth-order valence-electron chi connectivity index (χ4n) is 1.25. The van der Waals surface area contributed by atoms with E-state index >= 15 is 0 Å². The number of aromatic hydroxyl groups is 1. The largest absolute Gasteiger partial charge is 0.507 e. The van der Waals surface area contributed by atoms with Gasteiger partial charge in [-0.2, -0.15) is 0 Å². The number of benzene rings is 1. The van der Waals surface area contributed by atoms with Gasteiger partial charge in [0.2, 0.25) is 0 Å². The summed E-state index contributed by atoms with van der Waals surface area (Å²) in [5.41, 5.74) is 5.33. The molecular weight excluding hydrogens is 198 g/mol. The lowest BCUT2D eigenvalue weighted by molar-refractivity contribution is 0.0229. The summed E-state index contributed by atoms with van der Waals surface area (Å²) in [6, 6.07) is 4.34. The maximum atomic E-state index is 10.5. The van der Waals surface area contributed by atoms with Crippen molar-refractivity contribution in [3.05, 3.63) is 29.3 Å². The van der Waals surface area contributed by atoms with Gasteiger partial charge in [-0.25, -0.2) is 0 Å². The average Bonchev–Trinajstić information content (AvgIpc) is 2.27. The number of aldehydes is 1. The molecule has 0 saturated heterocycles. The Balaban J connectivity index is 3.09. The molecule has 82 valence electrons. The number of carbonyl (C=O) groups excluding carboxylic acids is 1. The number of carbonyl (C=O) groups is 1. The molecular formula is C10H13NO4. The standard InChI is InChI=1S/C10H13NO4/c11-4-8(13)10(15)7-3-1-2-6(5-12)9(7)14/h1-3,5,8,10,13-15H,4,11H2. The number of nitrogens with two attached hydrogens (primary N) is 1. The van der Waals surface area contributed by atoms with Gasteiger partial charge in [0.25, 0.3) is 0 Å². The van der Waals surface area contributed by atoms with Crippen LogP contribution in [0.5, 0.6) is 5.75 Å². The van der Waals surface area contributed by atoms with Crippen molar-refractivity contribution in [2.75, 3.05) is 6.54 Å². The Morgan fingerprint density at radius 1 is 1.40 bits per heavy atom. The Bertz CT molecular complexity index is 353. The molecule has 5 N–H and O–H groups in total. The van der Waals surface area contributed by atoms with Crippen LogP contribution in [0, 0.1) is 0 Å². The Hall–Kier alpha value is -1.43. The first-order valence-electron chi connectivity index (χ1n) is 4.45. The summed E-state index contributed by atoms with van der Waals surface area (Å²) in [6.07, 6.45) is -1.99. The fourth-order valence-corrected chi connectivity index (χ4v) is 1.25. The van der Waals surface area contributed by atoms with Gasteiger partial charge in [-0.05, 0) is 6.07 Å². The van der Waals surface area contributed by atoms with Crippen molar-refractivity contribution in [1.82, 2.24) is 0 Å². The SMILES string of the molecule is NCC(O)C(O)c1cccc(C=O)c1O. The molecule has 1 aromatic carbocycles. The first kappa shape index (κ1) is 11.6. The molecule has 0 aromatic heterocycles. The van der Waals surface area contributed by atoms with E-state index < -0.39 is 12.2 Å². The highest BCUT2D eigenvalue weighted by Gasteiger charge is 2.21. The lowest BCUT2D eigenvalue weighted by Gasteiger charge is -2.17. The summed E-state index contributed by atoms with van der Waals surface area (Å²) in [5.74, 6) is -0.326. The van der Waals surface area contributed by atoms with Gasteiger partial charge in [-0.3, -0.25) is 4.79 Å². The molecule has 1 rings (SSSR count). The second-order valence-corrected chi connectivity index (χ2v) is 3.15. The van der Waals surface area contributed by atoms with Gasteiger partial charge in [-0.15, -0.1) is 0 Å². The van der Waals surface area contributed by atoms with Gasteiger partial charge in [0.15, 0.2) is 6.29 Å². The van der Waals surface area contributed by atoms with E-state index in [-0.39, 0.29) is 23.4 Å². The molecule has 0 heterocycles. The highest BCUT2D eigenvalue weighted by molar-refractivity contribution is 5.80. The monoisotopic (exact) mass is 211 g/mol. The average molecular weight is 211 g/mol. The van der Waals surface area contributed by atoms with E-state index in [0.717, 1.165) is 0 Å². The van der Waals surface area contributed by atoms with Crippen LogP contribution in [0.3, 0.4) is 0 Å². The molecule has 2 unspecified atom stereocenters. The van der Waals surface area contributed by atoms with Gasteiger partial charge >= 0.3 is 0 Å². The van der Waals surface area contributed by atoms with E-state index in [0.29, 0.717) is 6.29 Å². The quantitative estimate of drug-likeness (QED) is 0.505. The molecule has 0 aliphatic carbocycles. The highest BCUT2D eigenvalue weighted by Crippen LogP contribution is 2.28. The second kappa shape index (κ2) is 4.88. The molecule has 5 heteroatoms. The zero-order chi connectivity index (χ0) is 11.4. The molecule has 5 nitrogen and oxygen atoms in total. The van der Waals surface area contributed by atoms with Crippen molar-refractivity contribution >= 4 is 6.29 Å². The third-order valence-electron chi connectivity index (χ3n) is 2.15. The predicted octanol–water partition coefficient (Wildman–Crippen LogP) is -0.442. The maximum absolute atomic E-state index is 10.5. The molecule has 2 atom stereocenters. The number of rotatable bonds is 4. The van der Waals surface area contributed by atoms with E-state index in [1.165, 1.54) is 18.2 Å². The van der Waals surface area contributed by atoms with Crippen LogP contribution in [0.1, 0.15) is 22.0 Å². The van der Waals surface area contributed by atoms with E-state index in [9.17, 15) is 20.1 Å². The van der Waals surface area contributed by atoms with Crippen LogP contribution in [0.25, 0.3) is 0 Å². The van der Waals surface area contributed by atoms with Crippen LogP contribution < -0.4 is 5.73 Å². The third kappa shape index (κ3) is 2.33. The maximum Gasteiger partial charge on any atom is 0.153 e. The summed E-state index contributed by atoms with van der Waals surface area (Å²) < 4.78 is 0. The minimum atomic E-state index is -1.30. The Morgan fingerprint density at radius 2 is 2.07 bits per heavy atom. The van der Waals surface area contributed by atoms with E-state index in [1.807, 2.05) is 0 Å². The molecule has 0 aliphatic rings. The highest BCUT2D eigenvalue weighted by atomic mass is 16.3. The zero-order valence-electron chi connectivity index (χ0n) is 8.00. The van der Waals surface area contributed by atoms with Crippen LogP contribution in [0.15, 0.2) is 18.2 Å². The van der Waals surface area contributed by atoms with Crippen molar-refractivity contribution in [2.24, 2.45) is 5.73 Å². The predicted molar refractivity (Wildman–Crippen MR) is 53.5 cm³/mol. The molecule has 0 spiro atoms. The molecule has 0 bridgehead atoms. The topological polar surface area (TPSA) is 104 Å². The van der Waals surface area contributed by atoms with Crippen LogP contribution >= 0.6 is 0 Å². The number of phenols is 1. The van der Waals surface area contributed by atoms with Crippen LogP contribution in [0.2, 0.25) is 0 Å². The van der Waals surface area contributed by atoms with Crippen LogP contribution in [-0.4, -0.2) is 34.3 Å². The van der Waals surface area contributed by atoms with Gasteiger partial charge in [0.1, 0.15) is 11.9 Å². The molecule has 0 amide bonds. The smallest absolute Gasteiger partial charge is 0.153 e. The van der Waals surface area contributed by atoms with E-state index in [2.05, 4.69) is 0 Å². The van der Waals surface area contributed by atoms with Crippen molar-refractivity contribution in [3.8, 4) is 5.75 Å². The van der Waals surface area contributed by atoms with Gasteiger partial charge in [0.05, 0.1) is 11.7 Å². The lowest BCUT2D eigenvalue weighted by Crippen LogP contribution is -2.27. The molecule has 0 radical (unpaired) electrons. The molecule has 0 fully saturated rings. The minimum Gasteiger partial charge on any atom is -0.507 e. The van der Waals surface area contributed by atoms with Gasteiger partial charge in [-0.1, -0.05) is 12.1 Å². The number of aliphatic hydroxyl groups is 2. The van der Waals surface area contributed by atoms with Gasteiger partial charge in [0, 0.05) is 12.1 Å². The van der Waals surface area contributed by atoms with Crippen molar-refractivity contribution < 1.29 is 20.1 Å². The van der Waals surface area contributed by atoms with Crippen molar-refractivity contribution in [1.29, 1.82) is 0 Å². The summed E-state index contributed by atoms with van der Waals surface area (Å²) in [4.78, 5) is 10.5. The van der Waals surface area contributed by atoms with Crippen LogP contribution in [0.4, 0.5) is 0 Å². The molecule has 15 heavy (non-hydrogen) atoms. The van der Waals surface area contributed by atoms with Gasteiger partial charge < -0.3 is 21.1 Å². The molecule has 0 saturated carbocycles. The summed E-state index contributed by atoms with van der Waals surface area (Å²) in [7, 11) is 0. The number of hydrogen-bond acceptors (Lipinski definition) is 5. The Morgan fingerprint density at radius 3 is 2.60 bits per heavy atom. The number of aliphatic hydroxyl groups excluding tert-OH is 2. The van der Waals surface area contributed by atoms with E-state index in [1.54, 1.807) is 0 Å². The zero-order valence-corrected chi connectivity index (χ0v) is 8.00. The Labute approximate surface area is 86.8 Å². The number of hydrogen-bond donors (Lipinski definition) is 4. The first-order chi connectivity index (χ1) is 7.11. The first-order valence-corrected chi connectivity index (χ1v) is 4.45. The number of para-hydroxylation sites is 1. The Kier molecular flexibility index (Phi) is 3.79. The third-order valence-corrected chi connectivity index (χ3v) is 2.15. The fraction of sp³-hybridized carbons (Fsp3) is 0.300. The molecule has 1 aromatic rings. The van der Waals surface area contributed by atoms with E-state index in [4.69, 9.17) is 5.73 Å². The number of phenolic OH excluding ortho intramolecular Hbond substituents is 1. The molecule has 0 aliphatic heterocycles. The van der Waals surface area contributed by atoms with Crippen molar-refractivity contribution in [2.45, 2.75) is 12.2 Å². The normalized spacial score (nSPS) is 14.6. The summed E-state index contributed by atoms with van der Waals surface area (Å²) >= 11 is 0. The second-order valence-electron chi connectivity index (χ2n) is 3.15. The van der Waals surface area contributed by atoms with Crippen molar-refractivity contribution in [3.63, 3.8) is 0 Å².